The summed E-state index contributed by atoms with van der Waals surface area (Å²) >= 11 is 5.44. The van der Waals surface area contributed by atoms with E-state index in [1.165, 1.54) is 0 Å². The van der Waals surface area contributed by atoms with Crippen molar-refractivity contribution in [3.05, 3.63) is 23.8 Å². The maximum atomic E-state index is 11.2. The number of hydrogen-bond donors (Lipinski definition) is 2. The maximum absolute atomic E-state index is 11.2. The maximum Gasteiger partial charge on any atom is 0.225 e. The van der Waals surface area contributed by atoms with Crippen LogP contribution >= 0.6 is 11.6 Å². The zero-order chi connectivity index (χ0) is 10.6. The normalized spacial score (nSPS) is 9.86. The van der Waals surface area contributed by atoms with Crippen molar-refractivity contribution >= 4 is 28.9 Å². The van der Waals surface area contributed by atoms with Crippen LogP contribution in [0.15, 0.2) is 18.2 Å². The second-order valence-corrected chi connectivity index (χ2v) is 3.46. The Morgan fingerprint density at radius 2 is 2.29 bits per heavy atom. The van der Waals surface area contributed by atoms with Gasteiger partial charge in [-0.15, -0.1) is 11.6 Å². The van der Waals surface area contributed by atoms with Gasteiger partial charge in [0.2, 0.25) is 5.91 Å². The highest BCUT2D eigenvalue weighted by Crippen LogP contribution is 2.19. The first-order valence-corrected chi connectivity index (χ1v) is 4.89. The van der Waals surface area contributed by atoms with Gasteiger partial charge in [-0.1, -0.05) is 6.07 Å². The first-order valence-electron chi connectivity index (χ1n) is 4.35. The van der Waals surface area contributed by atoms with Crippen LogP contribution in [-0.4, -0.2) is 11.8 Å². The molecule has 1 aromatic carbocycles. The van der Waals surface area contributed by atoms with Crippen LogP contribution in [0, 0.1) is 6.92 Å². The molecule has 0 spiro atoms. The second kappa shape index (κ2) is 4.86. The van der Waals surface area contributed by atoms with Crippen molar-refractivity contribution in [2.24, 2.45) is 0 Å². The third-order valence-electron chi connectivity index (χ3n) is 1.80. The van der Waals surface area contributed by atoms with Gasteiger partial charge >= 0.3 is 0 Å². The molecule has 0 saturated carbocycles. The molecule has 3 nitrogen and oxygen atoms in total. The van der Waals surface area contributed by atoms with Gasteiger partial charge < -0.3 is 11.1 Å². The van der Waals surface area contributed by atoms with Gasteiger partial charge in [-0.2, -0.15) is 0 Å². The molecule has 0 aromatic heterocycles. The average Bonchev–Trinajstić information content (AvgIpc) is 2.12. The fourth-order valence-electron chi connectivity index (χ4n) is 1.08. The molecule has 0 heterocycles. The Labute approximate surface area is 88.2 Å². The van der Waals surface area contributed by atoms with Crippen LogP contribution in [0.4, 0.5) is 11.4 Å². The number of nitrogen functional groups attached to an aromatic ring is 1. The lowest BCUT2D eigenvalue weighted by molar-refractivity contribution is -0.115. The van der Waals surface area contributed by atoms with E-state index < -0.39 is 0 Å². The summed E-state index contributed by atoms with van der Waals surface area (Å²) in [5.74, 6) is 0.203. The number of aryl methyl sites for hydroxylation is 1. The molecule has 4 heteroatoms. The van der Waals surface area contributed by atoms with E-state index in [2.05, 4.69) is 5.32 Å². The molecular weight excluding hydrogens is 200 g/mol. The summed E-state index contributed by atoms with van der Waals surface area (Å²) in [5, 5.41) is 2.70. The summed E-state index contributed by atoms with van der Waals surface area (Å²) < 4.78 is 0. The summed E-state index contributed by atoms with van der Waals surface area (Å²) in [6, 6.07) is 5.50. The van der Waals surface area contributed by atoms with Gasteiger partial charge in [0.15, 0.2) is 0 Å². The van der Waals surface area contributed by atoms with E-state index in [1.54, 1.807) is 6.07 Å². The summed E-state index contributed by atoms with van der Waals surface area (Å²) in [5.41, 5.74) is 7.96. The lowest BCUT2D eigenvalue weighted by Gasteiger charge is -2.07. The number of benzene rings is 1. The predicted molar refractivity (Wildman–Crippen MR) is 59.6 cm³/mol. The third kappa shape index (κ3) is 2.92. The molecule has 0 aliphatic carbocycles. The fraction of sp³-hybridized carbons (Fsp3) is 0.300. The van der Waals surface area contributed by atoms with Gasteiger partial charge in [0.05, 0.1) is 11.4 Å². The van der Waals surface area contributed by atoms with Gasteiger partial charge in [-0.3, -0.25) is 4.79 Å². The molecule has 0 atom stereocenters. The standard InChI is InChI=1S/C10H13ClN2O/c1-7-2-3-8(12)9(6-7)13-10(14)4-5-11/h2-3,6H,4-5,12H2,1H3,(H,13,14). The number of nitrogens with two attached hydrogens (primary N) is 1. The van der Waals surface area contributed by atoms with Gasteiger partial charge in [0.25, 0.3) is 0 Å². The molecule has 0 bridgehead atoms. The topological polar surface area (TPSA) is 55.1 Å². The van der Waals surface area contributed by atoms with Crippen molar-refractivity contribution < 1.29 is 4.79 Å². The quantitative estimate of drug-likeness (QED) is 0.596. The second-order valence-electron chi connectivity index (χ2n) is 3.08. The number of carbonyl (C=O) groups excluding carboxylic acids is 1. The molecule has 0 saturated heterocycles. The van der Waals surface area contributed by atoms with Crippen LogP contribution in [0.1, 0.15) is 12.0 Å². The van der Waals surface area contributed by atoms with Crippen molar-refractivity contribution in [1.29, 1.82) is 0 Å². The van der Waals surface area contributed by atoms with Crippen molar-refractivity contribution in [3.63, 3.8) is 0 Å². The molecule has 0 unspecified atom stereocenters. The van der Waals surface area contributed by atoms with Crippen molar-refractivity contribution in [1.82, 2.24) is 0 Å². The van der Waals surface area contributed by atoms with Gasteiger partial charge in [0.1, 0.15) is 0 Å². The first kappa shape index (κ1) is 10.9. The smallest absolute Gasteiger partial charge is 0.225 e. The van der Waals surface area contributed by atoms with Crippen LogP contribution in [0.25, 0.3) is 0 Å². The Morgan fingerprint density at radius 1 is 1.57 bits per heavy atom. The van der Waals surface area contributed by atoms with E-state index in [0.717, 1.165) is 5.56 Å². The van der Waals surface area contributed by atoms with Crippen molar-refractivity contribution in [2.75, 3.05) is 16.9 Å². The first-order chi connectivity index (χ1) is 6.63. The number of alkyl halides is 1. The largest absolute Gasteiger partial charge is 0.397 e. The Kier molecular flexibility index (Phi) is 3.77. The van der Waals surface area contributed by atoms with Crippen molar-refractivity contribution in [2.45, 2.75) is 13.3 Å². The molecule has 76 valence electrons. The van der Waals surface area contributed by atoms with E-state index in [4.69, 9.17) is 17.3 Å². The van der Waals surface area contributed by atoms with Crippen LogP contribution in [0.5, 0.6) is 0 Å². The predicted octanol–water partition coefficient (Wildman–Crippen LogP) is 2.14. The summed E-state index contributed by atoms with van der Waals surface area (Å²) in [6.07, 6.45) is 0.301. The highest BCUT2D eigenvalue weighted by molar-refractivity contribution is 6.19. The minimum atomic E-state index is -0.114. The number of halogens is 1. The Balaban J connectivity index is 2.75. The van der Waals surface area contributed by atoms with Gasteiger partial charge in [0, 0.05) is 12.3 Å². The molecule has 1 rings (SSSR count). The molecule has 14 heavy (non-hydrogen) atoms. The van der Waals surface area contributed by atoms with E-state index >= 15 is 0 Å². The van der Waals surface area contributed by atoms with Crippen molar-refractivity contribution in [3.8, 4) is 0 Å². The molecular formula is C10H13ClN2O. The minimum Gasteiger partial charge on any atom is -0.397 e. The molecule has 0 aliphatic heterocycles. The Bertz CT molecular complexity index is 339. The Morgan fingerprint density at radius 3 is 2.93 bits per heavy atom. The highest BCUT2D eigenvalue weighted by Gasteiger charge is 2.04. The SMILES string of the molecule is Cc1ccc(N)c(NC(=O)CCCl)c1. The molecule has 3 N–H and O–H groups in total. The van der Waals surface area contributed by atoms with E-state index in [1.807, 2.05) is 19.1 Å². The number of amides is 1. The molecule has 0 aliphatic rings. The van der Waals surface area contributed by atoms with Crippen LogP contribution in [-0.2, 0) is 4.79 Å². The monoisotopic (exact) mass is 212 g/mol. The van der Waals surface area contributed by atoms with Crippen LogP contribution in [0.2, 0.25) is 0 Å². The molecule has 1 aromatic rings. The number of rotatable bonds is 3. The molecule has 0 radical (unpaired) electrons. The number of carbonyl (C=O) groups is 1. The highest BCUT2D eigenvalue weighted by atomic mass is 35.5. The number of nitrogens with one attached hydrogen (secondary N) is 1. The zero-order valence-corrected chi connectivity index (χ0v) is 8.77. The van der Waals surface area contributed by atoms with Gasteiger partial charge in [-0.25, -0.2) is 0 Å². The number of anilines is 2. The van der Waals surface area contributed by atoms with E-state index in [9.17, 15) is 4.79 Å². The zero-order valence-electron chi connectivity index (χ0n) is 8.01. The van der Waals surface area contributed by atoms with E-state index in [0.29, 0.717) is 23.7 Å². The summed E-state index contributed by atoms with van der Waals surface area (Å²) in [6.45, 7) is 1.94. The van der Waals surface area contributed by atoms with Crippen LogP contribution < -0.4 is 11.1 Å². The lowest BCUT2D eigenvalue weighted by atomic mass is 10.2. The van der Waals surface area contributed by atoms with Crippen LogP contribution in [0.3, 0.4) is 0 Å². The lowest BCUT2D eigenvalue weighted by Crippen LogP contribution is -2.13. The summed E-state index contributed by atoms with van der Waals surface area (Å²) in [7, 11) is 0. The Hall–Kier alpha value is -1.22. The molecule has 1 amide bonds. The fourth-order valence-corrected chi connectivity index (χ4v) is 1.25. The minimum absolute atomic E-state index is 0.114. The van der Waals surface area contributed by atoms with E-state index in [-0.39, 0.29) is 5.91 Å². The third-order valence-corrected chi connectivity index (χ3v) is 1.99. The summed E-state index contributed by atoms with van der Waals surface area (Å²) in [4.78, 5) is 11.2. The average molecular weight is 213 g/mol. The van der Waals surface area contributed by atoms with Gasteiger partial charge in [-0.05, 0) is 24.6 Å². The molecule has 0 fully saturated rings. The number of hydrogen-bond acceptors (Lipinski definition) is 2.